The second-order valence-electron chi connectivity index (χ2n) is 6.71. The van der Waals surface area contributed by atoms with E-state index in [1.54, 1.807) is 19.2 Å². The number of aromatic amines is 1. The zero-order valence-corrected chi connectivity index (χ0v) is 16.0. The highest BCUT2D eigenvalue weighted by molar-refractivity contribution is 5.81. The number of methoxy groups -OCH3 is 1. The predicted molar refractivity (Wildman–Crippen MR) is 113 cm³/mol. The van der Waals surface area contributed by atoms with Gasteiger partial charge in [0.25, 0.3) is 5.69 Å². The van der Waals surface area contributed by atoms with Crippen LogP contribution in [0.5, 0.6) is 5.75 Å². The predicted octanol–water partition coefficient (Wildman–Crippen LogP) is 5.64. The highest BCUT2D eigenvalue weighted by atomic mass is 16.6. The van der Waals surface area contributed by atoms with E-state index >= 15 is 0 Å². The van der Waals surface area contributed by atoms with Crippen molar-refractivity contribution in [1.82, 2.24) is 9.97 Å². The zero-order chi connectivity index (χ0) is 20.4. The van der Waals surface area contributed by atoms with Gasteiger partial charge in [-0.2, -0.15) is 0 Å². The zero-order valence-electron chi connectivity index (χ0n) is 16.0. The lowest BCUT2D eigenvalue weighted by molar-refractivity contribution is -0.384. The van der Waals surface area contributed by atoms with Gasteiger partial charge in [-0.15, -0.1) is 0 Å². The summed E-state index contributed by atoms with van der Waals surface area (Å²) in [5, 5.41) is 11.0. The van der Waals surface area contributed by atoms with E-state index in [0.29, 0.717) is 0 Å². The van der Waals surface area contributed by atoms with Crippen molar-refractivity contribution in [2.24, 2.45) is 0 Å². The van der Waals surface area contributed by atoms with Crippen LogP contribution in [0.25, 0.3) is 33.9 Å². The van der Waals surface area contributed by atoms with Gasteiger partial charge in [-0.25, -0.2) is 4.98 Å². The number of H-pyrrole nitrogens is 1. The van der Waals surface area contributed by atoms with Crippen LogP contribution in [0.3, 0.4) is 0 Å². The van der Waals surface area contributed by atoms with Gasteiger partial charge >= 0.3 is 0 Å². The molecule has 0 atom stereocenters. The largest absolute Gasteiger partial charge is 0.497 e. The fourth-order valence-corrected chi connectivity index (χ4v) is 3.14. The van der Waals surface area contributed by atoms with E-state index in [2.05, 4.69) is 4.98 Å². The van der Waals surface area contributed by atoms with Crippen LogP contribution < -0.4 is 4.74 Å². The van der Waals surface area contributed by atoms with Gasteiger partial charge in [-0.1, -0.05) is 29.8 Å². The SMILES string of the molecule is COc1ccc(-c2nc(-c3ccc(C)cc3)[nH]c2-c2ccc([N+](=O)[O-])cc2)cc1. The Balaban J connectivity index is 1.84. The van der Waals surface area contributed by atoms with Crippen molar-refractivity contribution >= 4 is 5.69 Å². The smallest absolute Gasteiger partial charge is 0.269 e. The number of imidazole rings is 1. The molecule has 4 rings (SSSR count). The van der Waals surface area contributed by atoms with Gasteiger partial charge in [0, 0.05) is 28.8 Å². The molecule has 0 unspecified atom stereocenters. The average molecular weight is 385 g/mol. The van der Waals surface area contributed by atoms with Crippen molar-refractivity contribution < 1.29 is 9.66 Å². The lowest BCUT2D eigenvalue weighted by Gasteiger charge is -2.05. The molecule has 0 saturated heterocycles. The molecule has 1 aromatic heterocycles. The number of benzene rings is 3. The lowest BCUT2D eigenvalue weighted by Crippen LogP contribution is -1.89. The highest BCUT2D eigenvalue weighted by Gasteiger charge is 2.16. The molecule has 0 aliphatic heterocycles. The summed E-state index contributed by atoms with van der Waals surface area (Å²) in [6.45, 7) is 2.04. The van der Waals surface area contributed by atoms with Crippen LogP contribution >= 0.6 is 0 Å². The van der Waals surface area contributed by atoms with Gasteiger partial charge in [0.1, 0.15) is 11.6 Å². The monoisotopic (exact) mass is 385 g/mol. The summed E-state index contributed by atoms with van der Waals surface area (Å²) in [6.07, 6.45) is 0. The summed E-state index contributed by atoms with van der Waals surface area (Å²) < 4.78 is 5.25. The first kappa shape index (κ1) is 18.4. The van der Waals surface area contributed by atoms with Crippen LogP contribution in [0.2, 0.25) is 0 Å². The van der Waals surface area contributed by atoms with E-state index < -0.39 is 4.92 Å². The molecule has 6 nitrogen and oxygen atoms in total. The molecule has 4 aromatic rings. The molecule has 1 heterocycles. The molecule has 0 bridgehead atoms. The van der Waals surface area contributed by atoms with Crippen molar-refractivity contribution in [3.05, 3.63) is 88.5 Å². The van der Waals surface area contributed by atoms with Gasteiger partial charge in [-0.3, -0.25) is 10.1 Å². The number of aromatic nitrogens is 2. The van der Waals surface area contributed by atoms with Crippen molar-refractivity contribution in [3.8, 4) is 39.7 Å². The number of rotatable bonds is 5. The Labute approximate surface area is 168 Å². The Morgan fingerprint density at radius 2 is 1.45 bits per heavy atom. The fraction of sp³-hybridized carbons (Fsp3) is 0.0870. The lowest BCUT2D eigenvalue weighted by atomic mass is 10.0. The van der Waals surface area contributed by atoms with Gasteiger partial charge in [0.15, 0.2) is 0 Å². The molecule has 6 heteroatoms. The second kappa shape index (κ2) is 7.59. The number of nitrogens with one attached hydrogen (secondary N) is 1. The van der Waals surface area contributed by atoms with Gasteiger partial charge in [0.05, 0.1) is 23.4 Å². The maximum atomic E-state index is 11.0. The normalized spacial score (nSPS) is 10.7. The van der Waals surface area contributed by atoms with E-state index in [-0.39, 0.29) is 5.69 Å². The number of nitrogens with zero attached hydrogens (tertiary/aromatic N) is 2. The third-order valence-electron chi connectivity index (χ3n) is 4.76. The highest BCUT2D eigenvalue weighted by Crippen LogP contribution is 2.34. The standard InChI is InChI=1S/C23H19N3O3/c1-15-3-5-18(6-4-15)23-24-21(16-7-11-19(12-8-16)26(27)28)22(25-23)17-9-13-20(29-2)14-10-17/h3-14H,1-2H3,(H,24,25). The molecular formula is C23H19N3O3. The molecule has 0 saturated carbocycles. The first-order chi connectivity index (χ1) is 14.0. The van der Waals surface area contributed by atoms with Crippen LogP contribution in [0.4, 0.5) is 5.69 Å². The second-order valence-corrected chi connectivity index (χ2v) is 6.71. The van der Waals surface area contributed by atoms with Crippen molar-refractivity contribution in [3.63, 3.8) is 0 Å². The molecule has 0 aliphatic rings. The van der Waals surface area contributed by atoms with E-state index in [1.165, 1.54) is 17.7 Å². The van der Waals surface area contributed by atoms with Crippen molar-refractivity contribution in [2.75, 3.05) is 7.11 Å². The van der Waals surface area contributed by atoms with Crippen LogP contribution in [0, 0.1) is 17.0 Å². The fourth-order valence-electron chi connectivity index (χ4n) is 3.14. The molecule has 29 heavy (non-hydrogen) atoms. The third kappa shape index (κ3) is 3.73. The number of nitro groups is 1. The molecule has 0 radical (unpaired) electrons. The Morgan fingerprint density at radius 3 is 2.03 bits per heavy atom. The minimum atomic E-state index is -0.404. The third-order valence-corrected chi connectivity index (χ3v) is 4.76. The molecule has 0 amide bonds. The van der Waals surface area contributed by atoms with E-state index in [9.17, 15) is 10.1 Å². The Bertz CT molecular complexity index is 1150. The molecular weight excluding hydrogens is 366 g/mol. The minimum Gasteiger partial charge on any atom is -0.497 e. The van der Waals surface area contributed by atoms with Crippen LogP contribution in [-0.4, -0.2) is 22.0 Å². The molecule has 0 aliphatic carbocycles. The van der Waals surface area contributed by atoms with E-state index in [4.69, 9.17) is 9.72 Å². The summed E-state index contributed by atoms with van der Waals surface area (Å²) in [7, 11) is 1.63. The van der Waals surface area contributed by atoms with Crippen LogP contribution in [0.1, 0.15) is 5.56 Å². The number of aryl methyl sites for hydroxylation is 1. The van der Waals surface area contributed by atoms with Crippen molar-refractivity contribution in [1.29, 1.82) is 0 Å². The summed E-state index contributed by atoms with van der Waals surface area (Å²) in [5.74, 6) is 1.50. The van der Waals surface area contributed by atoms with Crippen LogP contribution in [0.15, 0.2) is 72.8 Å². The maximum Gasteiger partial charge on any atom is 0.269 e. The van der Waals surface area contributed by atoms with Gasteiger partial charge in [-0.05, 0) is 43.3 Å². The summed E-state index contributed by atoms with van der Waals surface area (Å²) in [5.41, 5.74) is 5.53. The average Bonchev–Trinajstić information content (AvgIpc) is 3.20. The number of nitro benzene ring substituents is 1. The minimum absolute atomic E-state index is 0.0537. The molecule has 144 valence electrons. The number of non-ortho nitro benzene ring substituents is 1. The van der Waals surface area contributed by atoms with E-state index in [0.717, 1.165) is 39.7 Å². The van der Waals surface area contributed by atoms with Gasteiger partial charge in [0.2, 0.25) is 0 Å². The van der Waals surface area contributed by atoms with Gasteiger partial charge < -0.3 is 9.72 Å². The first-order valence-electron chi connectivity index (χ1n) is 9.11. The van der Waals surface area contributed by atoms with Crippen LogP contribution in [-0.2, 0) is 0 Å². The number of hydrogen-bond donors (Lipinski definition) is 1. The molecule has 0 spiro atoms. The number of ether oxygens (including phenoxy) is 1. The molecule has 0 fully saturated rings. The first-order valence-corrected chi connectivity index (χ1v) is 9.11. The summed E-state index contributed by atoms with van der Waals surface area (Å²) in [6, 6.07) is 22.2. The maximum absolute atomic E-state index is 11.0. The number of hydrogen-bond acceptors (Lipinski definition) is 4. The molecule has 3 aromatic carbocycles. The topological polar surface area (TPSA) is 81.0 Å². The summed E-state index contributed by atoms with van der Waals surface area (Å²) >= 11 is 0. The molecule has 1 N–H and O–H groups in total. The van der Waals surface area contributed by atoms with E-state index in [1.807, 2.05) is 55.5 Å². The quantitative estimate of drug-likeness (QED) is 0.356. The summed E-state index contributed by atoms with van der Waals surface area (Å²) in [4.78, 5) is 18.8. The van der Waals surface area contributed by atoms with Crippen molar-refractivity contribution in [2.45, 2.75) is 6.92 Å². The Morgan fingerprint density at radius 1 is 0.862 bits per heavy atom. The Kier molecular flexibility index (Phi) is 4.83. The Hall–Kier alpha value is -3.93.